The molecule has 116 valence electrons. The predicted molar refractivity (Wildman–Crippen MR) is 76.7 cm³/mol. The zero-order valence-corrected chi connectivity index (χ0v) is 12.3. The number of nitrogens with zero attached hydrogens (tertiary/aromatic N) is 4. The van der Waals surface area contributed by atoms with E-state index < -0.39 is 5.97 Å². The Bertz CT molecular complexity index is 475. The Morgan fingerprint density at radius 1 is 1.52 bits per heavy atom. The normalized spacial score (nSPS) is 19.8. The summed E-state index contributed by atoms with van der Waals surface area (Å²) in [6, 6.07) is 1.63. The Morgan fingerprint density at radius 3 is 3.00 bits per heavy atom. The van der Waals surface area contributed by atoms with E-state index >= 15 is 0 Å². The molecule has 7 heteroatoms. The van der Waals surface area contributed by atoms with Crippen LogP contribution in [0.1, 0.15) is 19.3 Å². The Hall–Kier alpha value is -1.89. The van der Waals surface area contributed by atoms with E-state index in [9.17, 15) is 9.59 Å². The van der Waals surface area contributed by atoms with E-state index in [0.717, 1.165) is 19.3 Å². The van der Waals surface area contributed by atoms with Gasteiger partial charge in [-0.3, -0.25) is 19.2 Å². The number of carboxylic acids is 1. The number of hydrogen-bond donors (Lipinski definition) is 1. The summed E-state index contributed by atoms with van der Waals surface area (Å²) < 4.78 is 1.83. The fraction of sp³-hybridized carbons (Fsp3) is 0.643. The van der Waals surface area contributed by atoms with E-state index in [0.29, 0.717) is 19.6 Å². The highest BCUT2D eigenvalue weighted by Gasteiger charge is 2.30. The molecule has 1 aliphatic heterocycles. The number of carboxylic acid groups (broad SMARTS) is 1. The fourth-order valence-corrected chi connectivity index (χ4v) is 2.66. The molecule has 1 saturated heterocycles. The van der Waals surface area contributed by atoms with E-state index in [-0.39, 0.29) is 18.5 Å². The lowest BCUT2D eigenvalue weighted by molar-refractivity contribution is -0.146. The van der Waals surface area contributed by atoms with Crippen LogP contribution in [0, 0.1) is 0 Å². The molecule has 0 saturated carbocycles. The van der Waals surface area contributed by atoms with Crippen LogP contribution < -0.4 is 0 Å². The van der Waals surface area contributed by atoms with Gasteiger partial charge in [-0.2, -0.15) is 5.10 Å². The van der Waals surface area contributed by atoms with Crippen LogP contribution in [0.3, 0.4) is 0 Å². The molecule has 0 radical (unpaired) electrons. The smallest absolute Gasteiger partial charge is 0.323 e. The number of rotatable bonds is 6. The van der Waals surface area contributed by atoms with Gasteiger partial charge in [0.05, 0.1) is 12.6 Å². The summed E-state index contributed by atoms with van der Waals surface area (Å²) in [5.41, 5.74) is 0. The van der Waals surface area contributed by atoms with Gasteiger partial charge in [-0.05, 0) is 32.4 Å². The Morgan fingerprint density at radius 2 is 2.33 bits per heavy atom. The van der Waals surface area contributed by atoms with Crippen LogP contribution in [0.2, 0.25) is 0 Å². The molecular formula is C14H22N4O3. The molecule has 0 bridgehead atoms. The summed E-state index contributed by atoms with van der Waals surface area (Å²) >= 11 is 0. The standard InChI is InChI=1S/C14H22N4O3/c1-16(9-10-18-8-4-6-15-18)12-5-2-3-7-17(14(12)21)11-13(19)20/h4,6,8,12H,2-3,5,7,9-11H2,1H3,(H,19,20). The summed E-state index contributed by atoms with van der Waals surface area (Å²) in [5, 5.41) is 13.1. The number of hydrogen-bond acceptors (Lipinski definition) is 4. The van der Waals surface area contributed by atoms with Crippen LogP contribution in [0.15, 0.2) is 18.5 Å². The molecule has 0 spiro atoms. The molecule has 1 amide bonds. The van der Waals surface area contributed by atoms with Crippen LogP contribution in [-0.4, -0.2) is 69.3 Å². The van der Waals surface area contributed by atoms with Gasteiger partial charge >= 0.3 is 5.97 Å². The number of likely N-dealkylation sites (N-methyl/N-ethyl adjacent to an activating group) is 1. The minimum atomic E-state index is -0.955. The predicted octanol–water partition coefficient (Wildman–Crippen LogP) is 0.281. The van der Waals surface area contributed by atoms with Crippen LogP contribution in [0.25, 0.3) is 0 Å². The third kappa shape index (κ3) is 4.29. The first-order chi connectivity index (χ1) is 10.1. The molecule has 1 aliphatic rings. The lowest BCUT2D eigenvalue weighted by atomic mass is 10.1. The summed E-state index contributed by atoms with van der Waals surface area (Å²) in [7, 11) is 1.91. The first-order valence-electron chi connectivity index (χ1n) is 7.26. The lowest BCUT2D eigenvalue weighted by Crippen LogP contribution is -2.48. The summed E-state index contributed by atoms with van der Waals surface area (Å²) in [6.45, 7) is 1.75. The van der Waals surface area contributed by atoms with E-state index in [1.165, 1.54) is 4.90 Å². The minimum Gasteiger partial charge on any atom is -0.480 e. The van der Waals surface area contributed by atoms with Gasteiger partial charge in [0.1, 0.15) is 6.54 Å². The van der Waals surface area contributed by atoms with Crippen molar-refractivity contribution in [1.29, 1.82) is 0 Å². The number of amides is 1. The van der Waals surface area contributed by atoms with Crippen molar-refractivity contribution < 1.29 is 14.7 Å². The molecule has 2 rings (SSSR count). The van der Waals surface area contributed by atoms with Gasteiger partial charge in [-0.25, -0.2) is 0 Å². The van der Waals surface area contributed by atoms with Crippen LogP contribution in [0.4, 0.5) is 0 Å². The summed E-state index contributed by atoms with van der Waals surface area (Å²) in [6.07, 6.45) is 6.20. The number of carbonyl (C=O) groups is 2. The number of aliphatic carboxylic acids is 1. The van der Waals surface area contributed by atoms with E-state index in [1.54, 1.807) is 6.20 Å². The highest BCUT2D eigenvalue weighted by atomic mass is 16.4. The van der Waals surface area contributed by atoms with Gasteiger partial charge in [-0.1, -0.05) is 0 Å². The minimum absolute atomic E-state index is 0.0714. The van der Waals surface area contributed by atoms with Crippen LogP contribution in [0.5, 0.6) is 0 Å². The van der Waals surface area contributed by atoms with Crippen molar-refractivity contribution in [2.75, 3.05) is 26.7 Å². The first kappa shape index (κ1) is 15.5. The Kier molecular flexibility index (Phi) is 5.32. The van der Waals surface area contributed by atoms with Crippen molar-refractivity contribution in [3.8, 4) is 0 Å². The van der Waals surface area contributed by atoms with Crippen LogP contribution in [-0.2, 0) is 16.1 Å². The van der Waals surface area contributed by atoms with E-state index in [2.05, 4.69) is 5.10 Å². The van der Waals surface area contributed by atoms with E-state index in [1.807, 2.05) is 28.9 Å². The van der Waals surface area contributed by atoms with Crippen molar-refractivity contribution >= 4 is 11.9 Å². The summed E-state index contributed by atoms with van der Waals surface area (Å²) in [4.78, 5) is 26.8. The monoisotopic (exact) mass is 294 g/mol. The topological polar surface area (TPSA) is 78.7 Å². The van der Waals surface area contributed by atoms with Crippen molar-refractivity contribution in [2.45, 2.75) is 31.8 Å². The largest absolute Gasteiger partial charge is 0.480 e. The van der Waals surface area contributed by atoms with Gasteiger partial charge in [0.15, 0.2) is 0 Å². The summed E-state index contributed by atoms with van der Waals surface area (Å²) in [5.74, 6) is -1.03. The lowest BCUT2D eigenvalue weighted by Gasteiger charge is -2.29. The maximum Gasteiger partial charge on any atom is 0.323 e. The molecule has 7 nitrogen and oxygen atoms in total. The van der Waals surface area contributed by atoms with Crippen molar-refractivity contribution in [2.24, 2.45) is 0 Å². The van der Waals surface area contributed by atoms with Crippen molar-refractivity contribution in [3.05, 3.63) is 18.5 Å². The van der Waals surface area contributed by atoms with Gasteiger partial charge < -0.3 is 10.0 Å². The van der Waals surface area contributed by atoms with Crippen molar-refractivity contribution in [1.82, 2.24) is 19.6 Å². The maximum atomic E-state index is 12.5. The Labute approximate surface area is 124 Å². The fourth-order valence-electron chi connectivity index (χ4n) is 2.66. The number of likely N-dealkylation sites (tertiary alicyclic amines) is 1. The molecular weight excluding hydrogens is 272 g/mol. The second kappa shape index (κ2) is 7.21. The molecule has 0 aromatic carbocycles. The second-order valence-corrected chi connectivity index (χ2v) is 5.41. The average Bonchev–Trinajstić information content (AvgIpc) is 2.89. The molecule has 1 aromatic heterocycles. The molecule has 0 aliphatic carbocycles. The zero-order valence-electron chi connectivity index (χ0n) is 12.3. The highest BCUT2D eigenvalue weighted by molar-refractivity contribution is 5.85. The van der Waals surface area contributed by atoms with Crippen molar-refractivity contribution in [3.63, 3.8) is 0 Å². The van der Waals surface area contributed by atoms with Gasteiger partial charge in [0, 0.05) is 25.5 Å². The van der Waals surface area contributed by atoms with Gasteiger partial charge in [-0.15, -0.1) is 0 Å². The number of aromatic nitrogens is 2. The molecule has 2 heterocycles. The van der Waals surface area contributed by atoms with Gasteiger partial charge in [0.2, 0.25) is 5.91 Å². The maximum absolute atomic E-state index is 12.5. The third-order valence-electron chi connectivity index (χ3n) is 3.85. The van der Waals surface area contributed by atoms with E-state index in [4.69, 9.17) is 5.11 Å². The zero-order chi connectivity index (χ0) is 15.2. The molecule has 1 N–H and O–H groups in total. The quantitative estimate of drug-likeness (QED) is 0.815. The third-order valence-corrected chi connectivity index (χ3v) is 3.85. The highest BCUT2D eigenvalue weighted by Crippen LogP contribution is 2.16. The average molecular weight is 294 g/mol. The SMILES string of the molecule is CN(CCn1cccn1)C1CCCCN(CC(=O)O)C1=O. The van der Waals surface area contributed by atoms with Gasteiger partial charge in [0.25, 0.3) is 0 Å². The molecule has 1 fully saturated rings. The molecule has 21 heavy (non-hydrogen) atoms. The Balaban J connectivity index is 1.95. The molecule has 1 atom stereocenters. The molecule has 1 aromatic rings. The molecule has 1 unspecified atom stereocenters. The second-order valence-electron chi connectivity index (χ2n) is 5.41. The first-order valence-corrected chi connectivity index (χ1v) is 7.26. The number of carbonyl (C=O) groups excluding carboxylic acids is 1. The van der Waals surface area contributed by atoms with Crippen LogP contribution >= 0.6 is 0 Å².